The van der Waals surface area contributed by atoms with Crippen molar-refractivity contribution in [3.8, 4) is 0 Å². The molecule has 0 unspecified atom stereocenters. The normalized spacial score (nSPS) is 21.2. The summed E-state index contributed by atoms with van der Waals surface area (Å²) >= 11 is 0. The summed E-state index contributed by atoms with van der Waals surface area (Å²) in [7, 11) is 1.22. The van der Waals surface area contributed by atoms with Gasteiger partial charge in [-0.2, -0.15) is 0 Å². The number of amides is 3. The first-order valence-electron chi connectivity index (χ1n) is 10.2. The maximum Gasteiger partial charge on any atom is 0.328 e. The number of benzene rings is 1. The summed E-state index contributed by atoms with van der Waals surface area (Å²) in [6.07, 6.45) is -1.43. The lowest BCUT2D eigenvalue weighted by atomic mass is 9.89. The van der Waals surface area contributed by atoms with E-state index in [9.17, 15) is 29.4 Å². The minimum atomic E-state index is -1.33. The largest absolute Gasteiger partial charge is 0.467 e. The first-order valence-corrected chi connectivity index (χ1v) is 10.2. The van der Waals surface area contributed by atoms with Crippen molar-refractivity contribution in [1.82, 2.24) is 10.6 Å². The molecule has 1 aliphatic rings. The number of hydrogen-bond donors (Lipinski definition) is 5. The number of esters is 1. The Balaban J connectivity index is 2.10. The predicted molar refractivity (Wildman–Crippen MR) is 116 cm³/mol. The molecule has 0 aromatic heterocycles. The Bertz CT molecular complexity index is 895. The van der Waals surface area contributed by atoms with Crippen molar-refractivity contribution in [2.45, 2.75) is 51.5 Å². The molecule has 1 aromatic carbocycles. The number of carbonyl (C=O) groups excluding carboxylic acids is 4. The second kappa shape index (κ2) is 10.9. The van der Waals surface area contributed by atoms with Crippen LogP contribution in [0.25, 0.3) is 0 Å². The van der Waals surface area contributed by atoms with Gasteiger partial charge in [-0.05, 0) is 37.1 Å². The van der Waals surface area contributed by atoms with Crippen molar-refractivity contribution in [2.24, 2.45) is 5.92 Å². The summed E-state index contributed by atoms with van der Waals surface area (Å²) in [4.78, 5) is 48.2. The molecule has 2 rings (SSSR count). The van der Waals surface area contributed by atoms with Gasteiger partial charge in [0.2, 0.25) is 5.91 Å². The summed E-state index contributed by atoms with van der Waals surface area (Å²) < 4.78 is 4.70. The number of rotatable bonds is 7. The van der Waals surface area contributed by atoms with E-state index in [1.165, 1.54) is 20.1 Å². The molecule has 5 N–H and O–H groups in total. The van der Waals surface area contributed by atoms with E-state index in [4.69, 9.17) is 4.74 Å². The monoisotopic (exact) mass is 447 g/mol. The minimum absolute atomic E-state index is 0.108. The molecule has 10 nitrogen and oxygen atoms in total. The van der Waals surface area contributed by atoms with Crippen molar-refractivity contribution in [1.29, 1.82) is 0 Å². The van der Waals surface area contributed by atoms with Gasteiger partial charge in [-0.1, -0.05) is 19.9 Å². The van der Waals surface area contributed by atoms with Gasteiger partial charge in [0.25, 0.3) is 0 Å². The molecule has 0 fully saturated rings. The minimum Gasteiger partial charge on any atom is -0.467 e. The highest BCUT2D eigenvalue weighted by atomic mass is 16.5. The molecule has 0 radical (unpaired) electrons. The lowest BCUT2D eigenvalue weighted by Gasteiger charge is -2.31. The number of aliphatic hydroxyl groups is 2. The Morgan fingerprint density at radius 2 is 1.72 bits per heavy atom. The number of hydrogen-bond acceptors (Lipinski definition) is 7. The van der Waals surface area contributed by atoms with Crippen LogP contribution in [0.3, 0.4) is 0 Å². The first-order chi connectivity index (χ1) is 15.0. The van der Waals surface area contributed by atoms with Crippen LogP contribution < -0.4 is 16.0 Å². The summed E-state index contributed by atoms with van der Waals surface area (Å²) in [5, 5.41) is 28.1. The number of ether oxygens (including phenoxy) is 1. The highest BCUT2D eigenvalue weighted by Crippen LogP contribution is 2.21. The fourth-order valence-electron chi connectivity index (χ4n) is 3.23. The van der Waals surface area contributed by atoms with Crippen molar-refractivity contribution in [2.75, 3.05) is 12.4 Å². The molecule has 1 aromatic rings. The van der Waals surface area contributed by atoms with E-state index in [1.807, 2.05) is 0 Å². The summed E-state index contributed by atoms with van der Waals surface area (Å²) in [5.41, 5.74) is 1.03. The van der Waals surface area contributed by atoms with Crippen LogP contribution in [0, 0.1) is 5.92 Å². The second-order valence-corrected chi connectivity index (χ2v) is 7.93. The van der Waals surface area contributed by atoms with Gasteiger partial charge in [-0.3, -0.25) is 9.59 Å². The molecule has 10 heteroatoms. The number of methoxy groups -OCH3 is 1. The quantitative estimate of drug-likeness (QED) is 0.305. The summed E-state index contributed by atoms with van der Waals surface area (Å²) in [6.45, 7) is 4.92. The van der Waals surface area contributed by atoms with Crippen molar-refractivity contribution >= 4 is 29.4 Å². The fraction of sp³-hybridized carbons (Fsp3) is 0.455. The standard InChI is InChI=1S/C22H29N3O7/c1-11(2)18(21(30)32-4)25-20(29)14-9-16(19(28)17(27)10-14)24-22(31)23-15-7-5-13(6-8-15)12(3)26/h5-9,11,16-19,27-28H,10H2,1-4H3,(H,25,29)(H2,23,24,31)/t16-,17-,18-,19-/m1/s1. The Kier molecular flexibility index (Phi) is 8.50. The third-order valence-corrected chi connectivity index (χ3v) is 5.12. The molecule has 0 bridgehead atoms. The average Bonchev–Trinajstić information content (AvgIpc) is 2.74. The predicted octanol–water partition coefficient (Wildman–Crippen LogP) is 0.745. The van der Waals surface area contributed by atoms with E-state index in [0.29, 0.717) is 11.3 Å². The van der Waals surface area contributed by atoms with Gasteiger partial charge in [0, 0.05) is 23.2 Å². The number of nitrogens with one attached hydrogen (secondary N) is 3. The van der Waals surface area contributed by atoms with Crippen LogP contribution >= 0.6 is 0 Å². The number of urea groups is 1. The van der Waals surface area contributed by atoms with E-state index >= 15 is 0 Å². The zero-order chi connectivity index (χ0) is 24.0. The van der Waals surface area contributed by atoms with Gasteiger partial charge < -0.3 is 30.9 Å². The van der Waals surface area contributed by atoms with E-state index in [0.717, 1.165) is 0 Å². The van der Waals surface area contributed by atoms with Crippen LogP contribution in [0.1, 0.15) is 37.6 Å². The van der Waals surface area contributed by atoms with Crippen molar-refractivity contribution in [3.05, 3.63) is 41.5 Å². The molecule has 0 heterocycles. The Hall–Kier alpha value is -3.24. The first kappa shape index (κ1) is 25.0. The van der Waals surface area contributed by atoms with Crippen molar-refractivity contribution < 1.29 is 34.1 Å². The van der Waals surface area contributed by atoms with Gasteiger partial charge >= 0.3 is 12.0 Å². The SMILES string of the molecule is COC(=O)[C@H](NC(=O)C1=C[C@@H](NC(=O)Nc2ccc(C(C)=O)cc2)[C@@H](O)[C@H](O)C1)C(C)C. The molecule has 0 spiro atoms. The second-order valence-electron chi connectivity index (χ2n) is 7.93. The van der Waals surface area contributed by atoms with Gasteiger partial charge in [0.05, 0.1) is 19.3 Å². The highest BCUT2D eigenvalue weighted by molar-refractivity contribution is 5.97. The zero-order valence-corrected chi connectivity index (χ0v) is 18.4. The lowest BCUT2D eigenvalue weighted by molar-refractivity contribution is -0.146. The maximum atomic E-state index is 12.7. The number of aliphatic hydroxyl groups excluding tert-OH is 2. The molecule has 0 aliphatic heterocycles. The van der Waals surface area contributed by atoms with E-state index in [1.54, 1.807) is 38.1 Å². The summed E-state index contributed by atoms with van der Waals surface area (Å²) in [5.74, 6) is -1.55. The summed E-state index contributed by atoms with van der Waals surface area (Å²) in [6, 6.07) is 3.62. The molecular formula is C22H29N3O7. The molecule has 1 aliphatic carbocycles. The van der Waals surface area contributed by atoms with Crippen molar-refractivity contribution in [3.63, 3.8) is 0 Å². The Labute approximate surface area is 186 Å². The maximum absolute atomic E-state index is 12.7. The van der Waals surface area contributed by atoms with Crippen LogP contribution in [-0.2, 0) is 14.3 Å². The topological polar surface area (TPSA) is 154 Å². The smallest absolute Gasteiger partial charge is 0.328 e. The van der Waals surface area contributed by atoms with Crippen LogP contribution in [0.5, 0.6) is 0 Å². The van der Waals surface area contributed by atoms with Gasteiger partial charge in [0.1, 0.15) is 12.1 Å². The van der Waals surface area contributed by atoms with Crippen LogP contribution in [-0.4, -0.2) is 65.3 Å². The number of ketones is 1. The third kappa shape index (κ3) is 6.38. The van der Waals surface area contributed by atoms with Gasteiger partial charge in [-0.25, -0.2) is 9.59 Å². The van der Waals surface area contributed by atoms with Gasteiger partial charge in [0.15, 0.2) is 5.78 Å². The molecule has 0 saturated heterocycles. The number of Topliss-reactive ketones (excluding diaryl/α,β-unsaturated/α-hetero) is 1. The molecule has 32 heavy (non-hydrogen) atoms. The van der Waals surface area contributed by atoms with Crippen LogP contribution in [0.4, 0.5) is 10.5 Å². The fourth-order valence-corrected chi connectivity index (χ4v) is 3.23. The molecule has 0 saturated carbocycles. The van der Waals surface area contributed by atoms with E-state index < -0.39 is 42.2 Å². The Morgan fingerprint density at radius 1 is 1.09 bits per heavy atom. The zero-order valence-electron chi connectivity index (χ0n) is 18.4. The number of carbonyl (C=O) groups is 4. The van der Waals surface area contributed by atoms with E-state index in [-0.39, 0.29) is 23.7 Å². The van der Waals surface area contributed by atoms with E-state index in [2.05, 4.69) is 16.0 Å². The third-order valence-electron chi connectivity index (χ3n) is 5.12. The van der Waals surface area contributed by atoms with Crippen LogP contribution in [0.15, 0.2) is 35.9 Å². The van der Waals surface area contributed by atoms with Gasteiger partial charge in [-0.15, -0.1) is 0 Å². The lowest BCUT2D eigenvalue weighted by Crippen LogP contribution is -2.53. The average molecular weight is 447 g/mol. The molecular weight excluding hydrogens is 418 g/mol. The van der Waals surface area contributed by atoms with Crippen LogP contribution in [0.2, 0.25) is 0 Å². The number of anilines is 1. The molecule has 174 valence electrons. The highest BCUT2D eigenvalue weighted by Gasteiger charge is 2.35. The Morgan fingerprint density at radius 3 is 2.25 bits per heavy atom. The molecule has 3 amide bonds. The molecule has 4 atom stereocenters.